The number of amides is 3. The number of primary amides is 1. The Bertz CT molecular complexity index is 656. The second kappa shape index (κ2) is 7.58. The lowest BCUT2D eigenvalue weighted by atomic mass is 10.2. The quantitative estimate of drug-likeness (QED) is 0.708. The van der Waals surface area contributed by atoms with Crippen molar-refractivity contribution < 1.29 is 23.9 Å². The van der Waals surface area contributed by atoms with E-state index < -0.39 is 23.9 Å². The standard InChI is InChI=1S/C16H19N3O5/c1-10(15(17)22)24-14(21)9-18-16(23)11-4-6-12(7-5-11)19-8-2-3-13(19)20/h4-7,10H,2-3,8-9H2,1H3,(H2,17,22)(H,18,23)/t10-/m0/s1. The first-order chi connectivity index (χ1) is 11.4. The molecule has 0 saturated carbocycles. The summed E-state index contributed by atoms with van der Waals surface area (Å²) in [6, 6.07) is 6.53. The van der Waals surface area contributed by atoms with Gasteiger partial charge in [0.15, 0.2) is 6.10 Å². The molecule has 1 heterocycles. The molecule has 1 fully saturated rings. The first kappa shape index (κ1) is 17.5. The Balaban J connectivity index is 1.87. The fourth-order valence-electron chi connectivity index (χ4n) is 2.27. The third kappa shape index (κ3) is 4.31. The zero-order chi connectivity index (χ0) is 17.7. The van der Waals surface area contributed by atoms with Crippen molar-refractivity contribution in [2.75, 3.05) is 18.0 Å². The zero-order valence-corrected chi connectivity index (χ0v) is 13.3. The van der Waals surface area contributed by atoms with Crippen LogP contribution in [0.3, 0.4) is 0 Å². The number of rotatable bonds is 6. The topological polar surface area (TPSA) is 119 Å². The summed E-state index contributed by atoms with van der Waals surface area (Å²) in [5.74, 6) is -1.91. The highest BCUT2D eigenvalue weighted by Crippen LogP contribution is 2.21. The number of hydrogen-bond donors (Lipinski definition) is 2. The van der Waals surface area contributed by atoms with E-state index >= 15 is 0 Å². The number of carbonyl (C=O) groups is 4. The predicted octanol–water partition coefficient (Wildman–Crippen LogP) is -0.0398. The molecule has 1 saturated heterocycles. The smallest absolute Gasteiger partial charge is 0.326 e. The normalized spacial score (nSPS) is 15.0. The van der Waals surface area contributed by atoms with Gasteiger partial charge in [0.1, 0.15) is 6.54 Å². The Morgan fingerprint density at radius 2 is 1.96 bits per heavy atom. The Morgan fingerprint density at radius 3 is 2.50 bits per heavy atom. The fraction of sp³-hybridized carbons (Fsp3) is 0.375. The minimum absolute atomic E-state index is 0.0681. The fourth-order valence-corrected chi connectivity index (χ4v) is 2.27. The maximum atomic E-state index is 12.0. The molecule has 1 aliphatic rings. The third-order valence-corrected chi connectivity index (χ3v) is 3.62. The highest BCUT2D eigenvalue weighted by Gasteiger charge is 2.21. The number of hydrogen-bond acceptors (Lipinski definition) is 5. The number of nitrogens with one attached hydrogen (secondary N) is 1. The van der Waals surface area contributed by atoms with Gasteiger partial charge < -0.3 is 20.7 Å². The lowest BCUT2D eigenvalue weighted by Gasteiger charge is -2.15. The highest BCUT2D eigenvalue weighted by molar-refractivity contribution is 5.98. The number of nitrogens with zero attached hydrogens (tertiary/aromatic N) is 1. The van der Waals surface area contributed by atoms with E-state index in [1.807, 2.05) is 0 Å². The van der Waals surface area contributed by atoms with Crippen molar-refractivity contribution in [3.8, 4) is 0 Å². The van der Waals surface area contributed by atoms with Crippen LogP contribution in [0.4, 0.5) is 5.69 Å². The van der Waals surface area contributed by atoms with Crippen molar-refractivity contribution in [3.05, 3.63) is 29.8 Å². The predicted molar refractivity (Wildman–Crippen MR) is 85.1 cm³/mol. The van der Waals surface area contributed by atoms with Gasteiger partial charge in [-0.3, -0.25) is 19.2 Å². The van der Waals surface area contributed by atoms with Crippen LogP contribution < -0.4 is 16.0 Å². The number of carbonyl (C=O) groups excluding carboxylic acids is 4. The molecule has 1 aromatic rings. The van der Waals surface area contributed by atoms with Crippen LogP contribution in [0.5, 0.6) is 0 Å². The number of anilines is 1. The summed E-state index contributed by atoms with van der Waals surface area (Å²) in [6.45, 7) is 1.65. The van der Waals surface area contributed by atoms with E-state index in [1.165, 1.54) is 6.92 Å². The first-order valence-electron chi connectivity index (χ1n) is 7.56. The molecule has 1 atom stereocenters. The number of esters is 1. The Morgan fingerprint density at radius 1 is 1.29 bits per heavy atom. The van der Waals surface area contributed by atoms with E-state index in [4.69, 9.17) is 10.5 Å². The maximum absolute atomic E-state index is 12.0. The molecular formula is C16H19N3O5. The summed E-state index contributed by atoms with van der Waals surface area (Å²) < 4.78 is 4.72. The van der Waals surface area contributed by atoms with Crippen LogP contribution in [0, 0.1) is 0 Å². The van der Waals surface area contributed by atoms with Crippen molar-refractivity contribution in [2.24, 2.45) is 5.73 Å². The van der Waals surface area contributed by atoms with Crippen LogP contribution in [0.1, 0.15) is 30.1 Å². The molecule has 1 aromatic carbocycles. The average Bonchev–Trinajstić information content (AvgIpc) is 2.98. The molecular weight excluding hydrogens is 314 g/mol. The molecule has 8 nitrogen and oxygen atoms in total. The zero-order valence-electron chi connectivity index (χ0n) is 13.3. The van der Waals surface area contributed by atoms with E-state index in [9.17, 15) is 19.2 Å². The van der Waals surface area contributed by atoms with Gasteiger partial charge in [-0.25, -0.2) is 0 Å². The maximum Gasteiger partial charge on any atom is 0.326 e. The molecule has 0 bridgehead atoms. The summed E-state index contributed by atoms with van der Waals surface area (Å²) in [7, 11) is 0. The van der Waals surface area contributed by atoms with Gasteiger partial charge in [-0.1, -0.05) is 0 Å². The second-order valence-corrected chi connectivity index (χ2v) is 5.41. The monoisotopic (exact) mass is 333 g/mol. The van der Waals surface area contributed by atoms with Gasteiger partial charge in [-0.2, -0.15) is 0 Å². The minimum atomic E-state index is -1.05. The van der Waals surface area contributed by atoms with Gasteiger partial charge in [0.25, 0.3) is 11.8 Å². The SMILES string of the molecule is C[C@H](OC(=O)CNC(=O)c1ccc(N2CCCC2=O)cc1)C(N)=O. The molecule has 0 unspecified atom stereocenters. The summed E-state index contributed by atoms with van der Waals surface area (Å²) in [4.78, 5) is 47.6. The van der Waals surface area contributed by atoms with E-state index in [0.29, 0.717) is 18.5 Å². The van der Waals surface area contributed by atoms with Gasteiger partial charge in [-0.05, 0) is 37.6 Å². The average molecular weight is 333 g/mol. The lowest BCUT2D eigenvalue weighted by molar-refractivity contribution is -0.152. The van der Waals surface area contributed by atoms with E-state index in [-0.39, 0.29) is 12.5 Å². The van der Waals surface area contributed by atoms with Crippen LogP contribution in [0.25, 0.3) is 0 Å². The Hall–Kier alpha value is -2.90. The Kier molecular flexibility index (Phi) is 5.51. The van der Waals surface area contributed by atoms with Crippen molar-refractivity contribution in [1.82, 2.24) is 5.32 Å². The molecule has 2 rings (SSSR count). The highest BCUT2D eigenvalue weighted by atomic mass is 16.5. The van der Waals surface area contributed by atoms with Crippen molar-refractivity contribution in [2.45, 2.75) is 25.9 Å². The first-order valence-corrected chi connectivity index (χ1v) is 7.56. The second-order valence-electron chi connectivity index (χ2n) is 5.41. The van der Waals surface area contributed by atoms with Gasteiger partial charge >= 0.3 is 5.97 Å². The van der Waals surface area contributed by atoms with Crippen LogP contribution >= 0.6 is 0 Å². The number of nitrogens with two attached hydrogens (primary N) is 1. The van der Waals surface area contributed by atoms with Crippen molar-refractivity contribution in [3.63, 3.8) is 0 Å². The number of benzene rings is 1. The molecule has 1 aliphatic heterocycles. The molecule has 0 aromatic heterocycles. The van der Waals surface area contributed by atoms with Crippen LogP contribution in [0.15, 0.2) is 24.3 Å². The van der Waals surface area contributed by atoms with E-state index in [2.05, 4.69) is 5.32 Å². The van der Waals surface area contributed by atoms with Crippen LogP contribution in [0.2, 0.25) is 0 Å². The van der Waals surface area contributed by atoms with Crippen molar-refractivity contribution in [1.29, 1.82) is 0 Å². The summed E-state index contributed by atoms with van der Waals surface area (Å²) in [6.07, 6.45) is 0.313. The largest absolute Gasteiger partial charge is 0.451 e. The van der Waals surface area contributed by atoms with Gasteiger partial charge in [0.2, 0.25) is 5.91 Å². The van der Waals surface area contributed by atoms with E-state index in [0.717, 1.165) is 12.1 Å². The van der Waals surface area contributed by atoms with Crippen molar-refractivity contribution >= 4 is 29.4 Å². The van der Waals surface area contributed by atoms with Gasteiger partial charge in [0, 0.05) is 24.2 Å². The van der Waals surface area contributed by atoms with E-state index in [1.54, 1.807) is 29.2 Å². The minimum Gasteiger partial charge on any atom is -0.451 e. The third-order valence-electron chi connectivity index (χ3n) is 3.62. The van der Waals surface area contributed by atoms with Crippen LogP contribution in [-0.4, -0.2) is 42.9 Å². The van der Waals surface area contributed by atoms with Gasteiger partial charge in [-0.15, -0.1) is 0 Å². The summed E-state index contributed by atoms with van der Waals surface area (Å²) in [5.41, 5.74) is 6.06. The molecule has 128 valence electrons. The summed E-state index contributed by atoms with van der Waals surface area (Å²) >= 11 is 0. The molecule has 8 heteroatoms. The number of ether oxygens (including phenoxy) is 1. The van der Waals surface area contributed by atoms with Gasteiger partial charge in [0.05, 0.1) is 0 Å². The molecule has 0 aliphatic carbocycles. The molecule has 24 heavy (non-hydrogen) atoms. The molecule has 3 N–H and O–H groups in total. The molecule has 0 radical (unpaired) electrons. The van der Waals surface area contributed by atoms with Crippen LogP contribution in [-0.2, 0) is 19.1 Å². The molecule has 0 spiro atoms. The molecule has 3 amide bonds. The Labute approximate surface area is 138 Å². The lowest BCUT2D eigenvalue weighted by Crippen LogP contribution is -2.36. The summed E-state index contributed by atoms with van der Waals surface area (Å²) in [5, 5.41) is 2.39.